The van der Waals surface area contributed by atoms with Gasteiger partial charge in [-0.1, -0.05) is 13.8 Å². The molecule has 108 valence electrons. The Balaban J connectivity index is 2.85. The van der Waals surface area contributed by atoms with Gasteiger partial charge in [-0.15, -0.1) is 0 Å². The predicted molar refractivity (Wildman–Crippen MR) is 67.3 cm³/mol. The van der Waals surface area contributed by atoms with Crippen molar-refractivity contribution in [1.82, 2.24) is 4.90 Å². The molecule has 0 aromatic carbocycles. The van der Waals surface area contributed by atoms with Crippen LogP contribution < -0.4 is 0 Å². The summed E-state index contributed by atoms with van der Waals surface area (Å²) in [6, 6.07) is -0.183. The summed E-state index contributed by atoms with van der Waals surface area (Å²) in [6.45, 7) is 6.93. The van der Waals surface area contributed by atoms with E-state index in [0.29, 0.717) is 0 Å². The molecule has 0 aromatic heterocycles. The van der Waals surface area contributed by atoms with E-state index in [1.54, 1.807) is 27.7 Å². The predicted octanol–water partition coefficient (Wildman–Crippen LogP) is 0.753. The number of ether oxygens (including phenoxy) is 1. The molecule has 6 nitrogen and oxygen atoms in total. The maximum absolute atomic E-state index is 12.4. The van der Waals surface area contributed by atoms with Gasteiger partial charge in [-0.2, -0.15) is 0 Å². The largest absolute Gasteiger partial charge is 0.481 e. The van der Waals surface area contributed by atoms with Gasteiger partial charge in [0.1, 0.15) is 6.54 Å². The monoisotopic (exact) mass is 271 g/mol. The minimum absolute atomic E-state index is 0.147. The van der Waals surface area contributed by atoms with E-state index in [1.807, 2.05) is 0 Å². The molecule has 1 fully saturated rings. The van der Waals surface area contributed by atoms with Crippen molar-refractivity contribution in [3.63, 3.8) is 0 Å². The molecule has 1 aliphatic rings. The first-order chi connectivity index (χ1) is 8.64. The summed E-state index contributed by atoms with van der Waals surface area (Å²) in [6.07, 6.45) is 0. The van der Waals surface area contributed by atoms with Crippen LogP contribution in [-0.4, -0.2) is 47.5 Å². The third kappa shape index (κ3) is 2.88. The zero-order chi connectivity index (χ0) is 15.0. The lowest BCUT2D eigenvalue weighted by atomic mass is 10.1. The second-order valence-electron chi connectivity index (χ2n) is 5.75. The van der Waals surface area contributed by atoms with Gasteiger partial charge in [0.05, 0.1) is 18.9 Å². The molecule has 0 aliphatic heterocycles. The van der Waals surface area contributed by atoms with E-state index < -0.39 is 29.2 Å². The van der Waals surface area contributed by atoms with Crippen molar-refractivity contribution in [2.75, 3.05) is 13.7 Å². The van der Waals surface area contributed by atoms with Gasteiger partial charge in [-0.05, 0) is 19.3 Å². The number of carboxylic acids is 1. The van der Waals surface area contributed by atoms with Crippen molar-refractivity contribution >= 4 is 17.8 Å². The van der Waals surface area contributed by atoms with Gasteiger partial charge in [0, 0.05) is 6.04 Å². The molecular formula is C13H21NO5. The van der Waals surface area contributed by atoms with Gasteiger partial charge in [0.2, 0.25) is 5.91 Å². The van der Waals surface area contributed by atoms with Crippen molar-refractivity contribution in [2.45, 2.75) is 33.7 Å². The van der Waals surface area contributed by atoms with Crippen molar-refractivity contribution < 1.29 is 24.2 Å². The van der Waals surface area contributed by atoms with Gasteiger partial charge >= 0.3 is 11.9 Å². The molecule has 0 heterocycles. The Kier molecular flexibility index (Phi) is 4.22. The molecule has 6 heteroatoms. The highest BCUT2D eigenvalue weighted by molar-refractivity contribution is 5.93. The number of carboxylic acid groups (broad SMARTS) is 1. The number of carbonyl (C=O) groups is 3. The summed E-state index contributed by atoms with van der Waals surface area (Å²) in [5.74, 6) is -3.02. The van der Waals surface area contributed by atoms with Gasteiger partial charge in [0.15, 0.2) is 0 Å². The van der Waals surface area contributed by atoms with Crippen LogP contribution in [-0.2, 0) is 19.1 Å². The van der Waals surface area contributed by atoms with Crippen LogP contribution in [0.5, 0.6) is 0 Å². The van der Waals surface area contributed by atoms with Gasteiger partial charge in [0.25, 0.3) is 0 Å². The van der Waals surface area contributed by atoms with Crippen molar-refractivity contribution in [3.8, 4) is 0 Å². The third-order valence-electron chi connectivity index (χ3n) is 3.79. The van der Waals surface area contributed by atoms with Crippen LogP contribution in [0, 0.1) is 17.3 Å². The van der Waals surface area contributed by atoms with Crippen LogP contribution in [0.1, 0.15) is 27.7 Å². The van der Waals surface area contributed by atoms with E-state index in [9.17, 15) is 14.4 Å². The SMILES string of the molecule is COC(=O)CN(C(=O)C1C(C(=O)O)C1(C)C)C(C)C. The second-order valence-corrected chi connectivity index (χ2v) is 5.75. The molecule has 0 radical (unpaired) electrons. The van der Waals surface area contributed by atoms with Crippen molar-refractivity contribution in [2.24, 2.45) is 17.3 Å². The Hall–Kier alpha value is -1.59. The first-order valence-electron chi connectivity index (χ1n) is 6.24. The Morgan fingerprint density at radius 1 is 1.26 bits per heavy atom. The number of esters is 1. The van der Waals surface area contributed by atoms with Crippen molar-refractivity contribution in [1.29, 1.82) is 0 Å². The Morgan fingerprint density at radius 2 is 1.79 bits per heavy atom. The third-order valence-corrected chi connectivity index (χ3v) is 3.79. The number of methoxy groups -OCH3 is 1. The van der Waals surface area contributed by atoms with Crippen LogP contribution in [0.15, 0.2) is 0 Å². The van der Waals surface area contributed by atoms with Crippen molar-refractivity contribution in [3.05, 3.63) is 0 Å². The zero-order valence-electron chi connectivity index (χ0n) is 12.0. The van der Waals surface area contributed by atoms with Crippen LogP contribution in [0.25, 0.3) is 0 Å². The standard InChI is InChI=1S/C13H21NO5/c1-7(2)14(6-8(15)19-5)11(16)9-10(12(17)18)13(9,3)4/h7,9-10H,6H2,1-5H3,(H,17,18). The van der Waals surface area contributed by atoms with E-state index in [0.717, 1.165) is 0 Å². The van der Waals surface area contributed by atoms with Crippen LogP contribution in [0.3, 0.4) is 0 Å². The molecule has 0 aromatic rings. The molecular weight excluding hydrogens is 250 g/mol. The molecule has 0 bridgehead atoms. The van der Waals surface area contributed by atoms with Gasteiger partial charge in [-0.25, -0.2) is 0 Å². The minimum atomic E-state index is -0.967. The van der Waals surface area contributed by atoms with E-state index in [-0.39, 0.29) is 18.5 Å². The molecule has 1 rings (SSSR count). The Bertz CT molecular complexity index is 402. The van der Waals surface area contributed by atoms with Crippen LogP contribution in [0.2, 0.25) is 0 Å². The summed E-state index contributed by atoms with van der Waals surface area (Å²) in [7, 11) is 1.26. The fraction of sp³-hybridized carbons (Fsp3) is 0.769. The molecule has 2 atom stereocenters. The topological polar surface area (TPSA) is 83.9 Å². The lowest BCUT2D eigenvalue weighted by Gasteiger charge is -2.26. The Labute approximate surface area is 112 Å². The first kappa shape index (κ1) is 15.5. The van der Waals surface area contributed by atoms with E-state index >= 15 is 0 Å². The fourth-order valence-electron chi connectivity index (χ4n) is 2.46. The van der Waals surface area contributed by atoms with Gasteiger partial charge < -0.3 is 14.7 Å². The maximum atomic E-state index is 12.4. The maximum Gasteiger partial charge on any atom is 0.325 e. The number of hydrogen-bond acceptors (Lipinski definition) is 4. The minimum Gasteiger partial charge on any atom is -0.481 e. The highest BCUT2D eigenvalue weighted by atomic mass is 16.5. The summed E-state index contributed by atoms with van der Waals surface area (Å²) in [5, 5.41) is 9.09. The smallest absolute Gasteiger partial charge is 0.325 e. The Morgan fingerprint density at radius 3 is 2.11 bits per heavy atom. The molecule has 1 aliphatic carbocycles. The highest BCUT2D eigenvalue weighted by Crippen LogP contribution is 2.59. The quantitative estimate of drug-likeness (QED) is 0.746. The molecule has 0 saturated heterocycles. The molecule has 0 spiro atoms. The normalized spacial score (nSPS) is 23.9. The number of rotatable bonds is 5. The molecule has 1 amide bonds. The van der Waals surface area contributed by atoms with Crippen LogP contribution in [0.4, 0.5) is 0 Å². The summed E-state index contributed by atoms with van der Waals surface area (Å²) in [5.41, 5.74) is -0.563. The van der Waals surface area contributed by atoms with Gasteiger partial charge in [-0.3, -0.25) is 14.4 Å². The number of hydrogen-bond donors (Lipinski definition) is 1. The average Bonchev–Trinajstić information content (AvgIpc) is 2.87. The molecule has 19 heavy (non-hydrogen) atoms. The number of amides is 1. The number of carbonyl (C=O) groups excluding carboxylic acids is 2. The molecule has 1 saturated carbocycles. The molecule has 1 N–H and O–H groups in total. The lowest BCUT2D eigenvalue weighted by Crippen LogP contribution is -2.42. The van der Waals surface area contributed by atoms with E-state index in [4.69, 9.17) is 5.11 Å². The van der Waals surface area contributed by atoms with Crippen LogP contribution >= 0.6 is 0 Å². The fourth-order valence-corrected chi connectivity index (χ4v) is 2.46. The highest BCUT2D eigenvalue weighted by Gasteiger charge is 2.66. The number of aliphatic carboxylic acids is 1. The summed E-state index contributed by atoms with van der Waals surface area (Å²) >= 11 is 0. The zero-order valence-corrected chi connectivity index (χ0v) is 12.0. The second kappa shape index (κ2) is 5.19. The molecule has 2 unspecified atom stereocenters. The van der Waals surface area contributed by atoms with E-state index in [1.165, 1.54) is 12.0 Å². The summed E-state index contributed by atoms with van der Waals surface area (Å²) in [4.78, 5) is 36.2. The van der Waals surface area contributed by atoms with E-state index in [2.05, 4.69) is 4.74 Å². The number of nitrogens with zero attached hydrogens (tertiary/aromatic N) is 1. The lowest BCUT2D eigenvalue weighted by molar-refractivity contribution is -0.149. The first-order valence-corrected chi connectivity index (χ1v) is 6.24. The summed E-state index contributed by atoms with van der Waals surface area (Å²) < 4.78 is 4.56. The average molecular weight is 271 g/mol.